The molecule has 1 aromatic carbocycles. The van der Waals surface area contributed by atoms with Crippen LogP contribution in [0.2, 0.25) is 0 Å². The summed E-state index contributed by atoms with van der Waals surface area (Å²) in [5.41, 5.74) is 9.81. The van der Waals surface area contributed by atoms with Crippen LogP contribution in [-0.4, -0.2) is 10.5 Å². The average molecular weight is 218 g/mol. The molecule has 3 nitrogen and oxygen atoms in total. The summed E-state index contributed by atoms with van der Waals surface area (Å²) in [4.78, 5) is 4.47. The summed E-state index contributed by atoms with van der Waals surface area (Å²) in [5.74, 6) is 0.719. The predicted molar refractivity (Wildman–Crippen MR) is 65.5 cm³/mol. The molecule has 2 N–H and O–H groups in total. The Morgan fingerprint density at radius 3 is 2.62 bits per heavy atom. The van der Waals surface area contributed by atoms with Gasteiger partial charge in [-0.15, -0.1) is 0 Å². The third kappa shape index (κ3) is 2.25. The molecule has 1 aromatic heterocycles. The van der Waals surface area contributed by atoms with Gasteiger partial charge in [0, 0.05) is 12.0 Å². The maximum Gasteiger partial charge on any atom is 0.197 e. The van der Waals surface area contributed by atoms with E-state index in [9.17, 15) is 0 Å². The van der Waals surface area contributed by atoms with E-state index in [1.807, 2.05) is 26.8 Å². The smallest absolute Gasteiger partial charge is 0.197 e. The molecule has 0 saturated heterocycles. The molecule has 1 heterocycles. The third-order valence-electron chi connectivity index (χ3n) is 2.47. The Hall–Kier alpha value is -1.35. The van der Waals surface area contributed by atoms with E-state index in [1.54, 1.807) is 0 Å². The van der Waals surface area contributed by atoms with E-state index in [0.717, 1.165) is 22.6 Å². The Kier molecular flexibility index (Phi) is 2.50. The van der Waals surface area contributed by atoms with E-state index in [2.05, 4.69) is 18.0 Å². The lowest BCUT2D eigenvalue weighted by Gasteiger charge is -2.14. The van der Waals surface area contributed by atoms with Crippen LogP contribution in [0.5, 0.6) is 0 Å². The minimum Gasteiger partial charge on any atom is -0.440 e. The van der Waals surface area contributed by atoms with E-state index in [0.29, 0.717) is 6.42 Å². The van der Waals surface area contributed by atoms with Gasteiger partial charge in [-0.3, -0.25) is 0 Å². The number of benzene rings is 1. The molecule has 0 unspecified atom stereocenters. The summed E-state index contributed by atoms with van der Waals surface area (Å²) in [5, 5.41) is 0. The highest BCUT2D eigenvalue weighted by atomic mass is 16.3. The molecule has 0 fully saturated rings. The van der Waals surface area contributed by atoms with E-state index >= 15 is 0 Å². The molecule has 0 bridgehead atoms. The molecule has 16 heavy (non-hydrogen) atoms. The van der Waals surface area contributed by atoms with E-state index < -0.39 is 0 Å². The molecular weight excluding hydrogens is 200 g/mol. The first-order valence-electron chi connectivity index (χ1n) is 5.51. The lowest BCUT2D eigenvalue weighted by atomic mass is 10.0. The van der Waals surface area contributed by atoms with Crippen LogP contribution in [0, 0.1) is 13.8 Å². The Labute approximate surface area is 95.7 Å². The van der Waals surface area contributed by atoms with Crippen molar-refractivity contribution in [2.75, 3.05) is 0 Å². The number of hydrogen-bond acceptors (Lipinski definition) is 3. The fourth-order valence-electron chi connectivity index (χ4n) is 1.89. The summed E-state index contributed by atoms with van der Waals surface area (Å²) in [6, 6.07) is 4.14. The van der Waals surface area contributed by atoms with Gasteiger partial charge in [-0.1, -0.05) is 6.07 Å². The molecule has 0 spiro atoms. The molecule has 2 aromatic rings. The predicted octanol–water partition coefficient (Wildman–Crippen LogP) is 2.72. The first-order valence-corrected chi connectivity index (χ1v) is 5.51. The second kappa shape index (κ2) is 3.59. The van der Waals surface area contributed by atoms with Gasteiger partial charge in [-0.2, -0.15) is 0 Å². The van der Waals surface area contributed by atoms with Gasteiger partial charge in [0.2, 0.25) is 0 Å². The number of aromatic nitrogens is 1. The van der Waals surface area contributed by atoms with Crippen molar-refractivity contribution in [1.82, 2.24) is 4.98 Å². The van der Waals surface area contributed by atoms with Gasteiger partial charge < -0.3 is 10.2 Å². The van der Waals surface area contributed by atoms with Crippen molar-refractivity contribution in [2.24, 2.45) is 5.73 Å². The van der Waals surface area contributed by atoms with Gasteiger partial charge in [-0.25, -0.2) is 4.98 Å². The fraction of sp³-hybridized carbons (Fsp3) is 0.462. The Morgan fingerprint density at radius 1 is 1.31 bits per heavy atom. The highest BCUT2D eigenvalue weighted by molar-refractivity contribution is 5.77. The zero-order valence-electron chi connectivity index (χ0n) is 10.3. The van der Waals surface area contributed by atoms with Crippen molar-refractivity contribution in [1.29, 1.82) is 0 Å². The first kappa shape index (κ1) is 11.1. The van der Waals surface area contributed by atoms with Gasteiger partial charge in [0.05, 0.1) is 0 Å². The van der Waals surface area contributed by atoms with Crippen molar-refractivity contribution in [2.45, 2.75) is 39.7 Å². The van der Waals surface area contributed by atoms with Crippen LogP contribution in [-0.2, 0) is 6.42 Å². The quantitative estimate of drug-likeness (QED) is 0.843. The second-order valence-electron chi connectivity index (χ2n) is 5.20. The molecule has 0 amide bonds. The molecule has 2 rings (SSSR count). The molecule has 0 aliphatic carbocycles. The monoisotopic (exact) mass is 218 g/mol. The summed E-state index contributed by atoms with van der Waals surface area (Å²) >= 11 is 0. The van der Waals surface area contributed by atoms with E-state index in [4.69, 9.17) is 10.2 Å². The fourth-order valence-corrected chi connectivity index (χ4v) is 1.89. The van der Waals surface area contributed by atoms with E-state index in [-0.39, 0.29) is 5.54 Å². The SMILES string of the molecule is Cc1cc(C)c2oc(CC(C)(C)N)nc2c1. The minimum absolute atomic E-state index is 0.288. The zero-order valence-corrected chi connectivity index (χ0v) is 10.3. The number of aryl methyl sites for hydroxylation is 2. The molecule has 3 heteroatoms. The summed E-state index contributed by atoms with van der Waals surface area (Å²) < 4.78 is 5.74. The number of nitrogens with two attached hydrogens (primary N) is 1. The number of hydrogen-bond donors (Lipinski definition) is 1. The zero-order chi connectivity index (χ0) is 11.9. The van der Waals surface area contributed by atoms with Gasteiger partial charge >= 0.3 is 0 Å². The molecule has 86 valence electrons. The second-order valence-corrected chi connectivity index (χ2v) is 5.20. The highest BCUT2D eigenvalue weighted by Crippen LogP contribution is 2.22. The molecule has 0 saturated carbocycles. The molecule has 0 aliphatic heterocycles. The Morgan fingerprint density at radius 2 is 2.00 bits per heavy atom. The highest BCUT2D eigenvalue weighted by Gasteiger charge is 2.17. The van der Waals surface area contributed by atoms with Crippen molar-refractivity contribution < 1.29 is 4.42 Å². The number of nitrogens with zero attached hydrogens (tertiary/aromatic N) is 1. The number of oxazole rings is 1. The maximum absolute atomic E-state index is 5.96. The van der Waals surface area contributed by atoms with Crippen LogP contribution in [0.25, 0.3) is 11.1 Å². The summed E-state index contributed by atoms with van der Waals surface area (Å²) in [7, 11) is 0. The average Bonchev–Trinajstić information content (AvgIpc) is 2.43. The molecule has 0 aliphatic rings. The molecule has 0 radical (unpaired) electrons. The lowest BCUT2D eigenvalue weighted by molar-refractivity contribution is 0.433. The van der Waals surface area contributed by atoms with Crippen LogP contribution < -0.4 is 5.73 Å². The van der Waals surface area contributed by atoms with Crippen molar-refractivity contribution in [3.8, 4) is 0 Å². The van der Waals surface area contributed by atoms with Gasteiger partial charge in [-0.05, 0) is 44.9 Å². The van der Waals surface area contributed by atoms with Gasteiger partial charge in [0.15, 0.2) is 11.5 Å². The first-order chi connectivity index (χ1) is 7.35. The minimum atomic E-state index is -0.288. The van der Waals surface area contributed by atoms with Crippen LogP contribution >= 0.6 is 0 Å². The van der Waals surface area contributed by atoms with Gasteiger partial charge in [0.25, 0.3) is 0 Å². The van der Waals surface area contributed by atoms with Crippen LogP contribution in [0.15, 0.2) is 16.5 Å². The van der Waals surface area contributed by atoms with Gasteiger partial charge in [0.1, 0.15) is 5.52 Å². The van der Waals surface area contributed by atoms with Crippen LogP contribution in [0.4, 0.5) is 0 Å². The maximum atomic E-state index is 5.96. The Balaban J connectivity index is 2.48. The van der Waals surface area contributed by atoms with Crippen molar-refractivity contribution >= 4 is 11.1 Å². The molecular formula is C13H18N2O. The molecule has 0 atom stereocenters. The van der Waals surface area contributed by atoms with Crippen LogP contribution in [0.3, 0.4) is 0 Å². The summed E-state index contributed by atoms with van der Waals surface area (Å²) in [6.45, 7) is 8.05. The van der Waals surface area contributed by atoms with Crippen molar-refractivity contribution in [3.63, 3.8) is 0 Å². The third-order valence-corrected chi connectivity index (χ3v) is 2.47. The Bertz CT molecular complexity index is 520. The normalized spacial score (nSPS) is 12.3. The van der Waals surface area contributed by atoms with E-state index in [1.165, 1.54) is 5.56 Å². The topological polar surface area (TPSA) is 52.0 Å². The van der Waals surface area contributed by atoms with Crippen molar-refractivity contribution in [3.05, 3.63) is 29.2 Å². The lowest BCUT2D eigenvalue weighted by Crippen LogP contribution is -2.34. The largest absolute Gasteiger partial charge is 0.440 e. The van der Waals surface area contributed by atoms with Crippen LogP contribution in [0.1, 0.15) is 30.9 Å². The number of rotatable bonds is 2. The number of fused-ring (bicyclic) bond motifs is 1. The summed E-state index contributed by atoms with van der Waals surface area (Å²) in [6.07, 6.45) is 0.653. The standard InChI is InChI=1S/C13H18N2O/c1-8-5-9(2)12-10(6-8)15-11(16-12)7-13(3,4)14/h5-6H,7,14H2,1-4H3.